The number of aromatic nitrogens is 1. The Morgan fingerprint density at radius 2 is 1.94 bits per heavy atom. The minimum atomic E-state index is -3.95. The van der Waals surface area contributed by atoms with E-state index in [0.717, 1.165) is 30.0 Å². The Hall–Kier alpha value is -3.27. The summed E-state index contributed by atoms with van der Waals surface area (Å²) in [6.07, 6.45) is 1.75. The molecule has 0 saturated heterocycles. The number of sulfonamides is 1. The maximum Gasteiger partial charge on any atom is 0.269 e. The minimum absolute atomic E-state index is 0.0455. The Morgan fingerprint density at radius 3 is 2.58 bits per heavy atom. The van der Waals surface area contributed by atoms with Gasteiger partial charge in [0.2, 0.25) is 0 Å². The Bertz CT molecular complexity index is 1250. The van der Waals surface area contributed by atoms with Gasteiger partial charge in [-0.25, -0.2) is 17.2 Å². The summed E-state index contributed by atoms with van der Waals surface area (Å²) in [5.74, 6) is -2.70. The molecule has 2 aromatic carbocycles. The van der Waals surface area contributed by atoms with Gasteiger partial charge in [-0.15, -0.1) is 0 Å². The molecule has 31 heavy (non-hydrogen) atoms. The van der Waals surface area contributed by atoms with E-state index in [1.54, 1.807) is 12.1 Å². The van der Waals surface area contributed by atoms with E-state index in [2.05, 4.69) is 10.5 Å². The number of hydrogen-bond donors (Lipinski definition) is 1. The molecule has 0 radical (unpaired) electrons. The average molecular weight is 447 g/mol. The molecule has 0 aliphatic carbocycles. The first kappa shape index (κ1) is 21.0. The van der Waals surface area contributed by atoms with E-state index in [4.69, 9.17) is 4.52 Å². The second-order valence-corrected chi connectivity index (χ2v) is 9.17. The highest BCUT2D eigenvalue weighted by Gasteiger charge is 2.34. The zero-order valence-corrected chi connectivity index (χ0v) is 17.5. The van der Waals surface area contributed by atoms with Crippen LogP contribution in [-0.4, -0.2) is 26.0 Å². The first-order valence-corrected chi connectivity index (χ1v) is 11.0. The van der Waals surface area contributed by atoms with E-state index in [1.807, 2.05) is 6.92 Å². The fraction of sp³-hybridized carbons (Fsp3) is 0.238. The topological polar surface area (TPSA) is 92.5 Å². The van der Waals surface area contributed by atoms with Crippen molar-refractivity contribution in [2.75, 3.05) is 16.2 Å². The fourth-order valence-corrected chi connectivity index (χ4v) is 5.23. The first-order valence-electron chi connectivity index (χ1n) is 9.53. The van der Waals surface area contributed by atoms with Gasteiger partial charge in [-0.2, -0.15) is 0 Å². The monoisotopic (exact) mass is 447 g/mol. The molecule has 0 saturated carbocycles. The molecule has 1 atom stereocenters. The number of carbonyl (C=O) groups excluding carboxylic acids is 1. The molecule has 1 aliphatic heterocycles. The lowest BCUT2D eigenvalue weighted by Gasteiger charge is -2.33. The third kappa shape index (κ3) is 3.67. The molecule has 162 valence electrons. The number of aryl methyl sites for hydroxylation is 1. The summed E-state index contributed by atoms with van der Waals surface area (Å²) in [5, 5.41) is 6.00. The number of amides is 1. The number of nitrogens with one attached hydrogen (secondary N) is 1. The molecule has 2 heterocycles. The largest absolute Gasteiger partial charge is 0.360 e. The highest BCUT2D eigenvalue weighted by molar-refractivity contribution is 7.92. The van der Waals surface area contributed by atoms with Crippen molar-refractivity contribution in [3.05, 3.63) is 71.1 Å². The van der Waals surface area contributed by atoms with E-state index in [9.17, 15) is 22.0 Å². The summed E-state index contributed by atoms with van der Waals surface area (Å²) in [4.78, 5) is 12.4. The number of rotatable bonds is 4. The van der Waals surface area contributed by atoms with Gasteiger partial charge in [-0.05, 0) is 49.1 Å². The molecule has 1 aliphatic rings. The van der Waals surface area contributed by atoms with Crippen LogP contribution in [0.15, 0.2) is 52.0 Å². The molecule has 1 unspecified atom stereocenters. The Labute approximate surface area is 177 Å². The highest BCUT2D eigenvalue weighted by Crippen LogP contribution is 2.40. The van der Waals surface area contributed by atoms with Crippen LogP contribution >= 0.6 is 0 Å². The highest BCUT2D eigenvalue weighted by atomic mass is 32.2. The molecule has 3 aromatic rings. The van der Waals surface area contributed by atoms with Gasteiger partial charge in [0.1, 0.15) is 22.1 Å². The normalized spacial score (nSPS) is 16.1. The Morgan fingerprint density at radius 1 is 1.23 bits per heavy atom. The quantitative estimate of drug-likeness (QED) is 0.647. The molecule has 7 nitrogen and oxygen atoms in total. The third-order valence-electron chi connectivity index (χ3n) is 5.32. The van der Waals surface area contributed by atoms with Crippen molar-refractivity contribution < 1.29 is 26.5 Å². The van der Waals surface area contributed by atoms with Crippen LogP contribution in [0.3, 0.4) is 0 Å². The van der Waals surface area contributed by atoms with Crippen molar-refractivity contribution in [2.24, 2.45) is 0 Å². The van der Waals surface area contributed by atoms with Crippen molar-refractivity contribution in [1.29, 1.82) is 0 Å². The van der Waals surface area contributed by atoms with Gasteiger partial charge in [-0.1, -0.05) is 24.2 Å². The van der Waals surface area contributed by atoms with E-state index in [0.29, 0.717) is 12.1 Å². The third-order valence-corrected chi connectivity index (χ3v) is 7.23. The van der Waals surface area contributed by atoms with Gasteiger partial charge in [0.15, 0.2) is 5.76 Å². The van der Waals surface area contributed by atoms with Crippen molar-refractivity contribution in [2.45, 2.75) is 31.1 Å². The molecule has 0 spiro atoms. The average Bonchev–Trinajstić information content (AvgIpc) is 3.14. The smallest absolute Gasteiger partial charge is 0.269 e. The van der Waals surface area contributed by atoms with Crippen LogP contribution < -0.4 is 9.62 Å². The standard InChI is InChI=1S/C21H19F2N3O4S/c1-12-8-9-26(31(28,29)19-11-24-30-13(19)2)18-10-14(6-7-15(12)18)25-21(27)20-16(22)4-3-5-17(20)23/h3-7,10-12H,8-9H2,1-2H3,(H,25,27). The summed E-state index contributed by atoms with van der Waals surface area (Å²) >= 11 is 0. The number of hydrogen-bond acceptors (Lipinski definition) is 5. The van der Waals surface area contributed by atoms with Gasteiger partial charge in [0.05, 0.1) is 11.9 Å². The summed E-state index contributed by atoms with van der Waals surface area (Å²) in [6.45, 7) is 3.70. The lowest BCUT2D eigenvalue weighted by molar-refractivity contribution is 0.101. The van der Waals surface area contributed by atoms with Crippen LogP contribution in [0, 0.1) is 18.6 Å². The van der Waals surface area contributed by atoms with Crippen LogP contribution in [-0.2, 0) is 10.0 Å². The maximum absolute atomic E-state index is 13.9. The lowest BCUT2D eigenvalue weighted by atomic mass is 9.92. The number of anilines is 2. The van der Waals surface area contributed by atoms with E-state index in [1.165, 1.54) is 17.3 Å². The SMILES string of the molecule is Cc1oncc1S(=O)(=O)N1CCC(C)c2ccc(NC(=O)c3c(F)cccc3F)cc21. The van der Waals surface area contributed by atoms with E-state index >= 15 is 0 Å². The predicted octanol–water partition coefficient (Wildman–Crippen LogP) is 4.22. The number of benzene rings is 2. The zero-order valence-electron chi connectivity index (χ0n) is 16.7. The predicted molar refractivity (Wildman–Crippen MR) is 110 cm³/mol. The van der Waals surface area contributed by atoms with Gasteiger partial charge >= 0.3 is 0 Å². The first-order chi connectivity index (χ1) is 14.7. The van der Waals surface area contributed by atoms with Gasteiger partial charge < -0.3 is 9.84 Å². The van der Waals surface area contributed by atoms with E-state index in [-0.39, 0.29) is 28.8 Å². The van der Waals surface area contributed by atoms with Crippen molar-refractivity contribution in [1.82, 2.24) is 5.16 Å². The van der Waals surface area contributed by atoms with Crippen LogP contribution in [0.25, 0.3) is 0 Å². The second-order valence-electron chi connectivity index (χ2n) is 7.34. The van der Waals surface area contributed by atoms with Gasteiger partial charge in [0.25, 0.3) is 15.9 Å². The summed E-state index contributed by atoms with van der Waals surface area (Å²) in [6, 6.07) is 7.91. The minimum Gasteiger partial charge on any atom is -0.360 e. The molecule has 10 heteroatoms. The number of nitrogens with zero attached hydrogens (tertiary/aromatic N) is 2. The molecular weight excluding hydrogens is 428 g/mol. The lowest BCUT2D eigenvalue weighted by Crippen LogP contribution is -2.36. The zero-order chi connectivity index (χ0) is 22.3. The fourth-order valence-electron chi connectivity index (χ4n) is 3.66. The second kappa shape index (κ2) is 7.77. The maximum atomic E-state index is 13.9. The summed E-state index contributed by atoms with van der Waals surface area (Å²) in [7, 11) is -3.95. The molecule has 0 fully saturated rings. The Balaban J connectivity index is 1.73. The van der Waals surface area contributed by atoms with Crippen LogP contribution in [0.5, 0.6) is 0 Å². The van der Waals surface area contributed by atoms with Crippen molar-refractivity contribution in [3.63, 3.8) is 0 Å². The molecule has 1 amide bonds. The molecular formula is C21H19F2N3O4S. The van der Waals surface area contributed by atoms with Crippen LogP contribution in [0.1, 0.15) is 40.9 Å². The molecule has 4 rings (SSSR count). The summed E-state index contributed by atoms with van der Waals surface area (Å²) < 4.78 is 60.5. The van der Waals surface area contributed by atoms with Gasteiger partial charge in [-0.3, -0.25) is 9.10 Å². The van der Waals surface area contributed by atoms with Gasteiger partial charge in [0, 0.05) is 12.2 Å². The van der Waals surface area contributed by atoms with Crippen LogP contribution in [0.4, 0.5) is 20.2 Å². The number of fused-ring (bicyclic) bond motifs is 1. The number of carbonyl (C=O) groups is 1. The Kier molecular flexibility index (Phi) is 5.26. The molecule has 1 N–H and O–H groups in total. The van der Waals surface area contributed by atoms with Crippen molar-refractivity contribution >= 4 is 27.3 Å². The number of halogens is 2. The van der Waals surface area contributed by atoms with Crippen LogP contribution in [0.2, 0.25) is 0 Å². The van der Waals surface area contributed by atoms with Crippen molar-refractivity contribution in [3.8, 4) is 0 Å². The molecule has 0 bridgehead atoms. The molecule has 1 aromatic heterocycles. The van der Waals surface area contributed by atoms with E-state index < -0.39 is 33.1 Å². The summed E-state index contributed by atoms with van der Waals surface area (Å²) in [5.41, 5.74) is 0.658.